The topological polar surface area (TPSA) is 111 Å². The summed E-state index contributed by atoms with van der Waals surface area (Å²) in [4.78, 5) is 12.2. The SMILES string of the molecule is O=S1(=O)CCNC(Cc2nc(-c3cnccn3)no2)C1. The summed E-state index contributed by atoms with van der Waals surface area (Å²) in [6, 6.07) is -0.191. The van der Waals surface area contributed by atoms with E-state index in [0.29, 0.717) is 30.4 Å². The van der Waals surface area contributed by atoms with E-state index in [1.165, 1.54) is 6.20 Å². The monoisotopic (exact) mass is 295 g/mol. The maximum atomic E-state index is 11.6. The fraction of sp³-hybridized carbons (Fsp3) is 0.455. The van der Waals surface area contributed by atoms with Crippen LogP contribution in [0.15, 0.2) is 23.1 Å². The maximum Gasteiger partial charge on any atom is 0.228 e. The Morgan fingerprint density at radius 1 is 1.40 bits per heavy atom. The molecule has 0 aromatic carbocycles. The Labute approximate surface area is 115 Å². The first kappa shape index (κ1) is 13.1. The van der Waals surface area contributed by atoms with Crippen molar-refractivity contribution in [3.8, 4) is 11.5 Å². The first-order valence-corrected chi connectivity index (χ1v) is 7.97. The molecule has 0 radical (unpaired) electrons. The van der Waals surface area contributed by atoms with Gasteiger partial charge in [0.2, 0.25) is 11.7 Å². The van der Waals surface area contributed by atoms with Gasteiger partial charge in [-0.1, -0.05) is 5.16 Å². The van der Waals surface area contributed by atoms with Crippen LogP contribution in [0, 0.1) is 0 Å². The molecule has 8 nitrogen and oxygen atoms in total. The Hall–Kier alpha value is -1.87. The van der Waals surface area contributed by atoms with Gasteiger partial charge in [-0.2, -0.15) is 4.98 Å². The molecule has 3 heterocycles. The zero-order chi connectivity index (χ0) is 14.0. The molecule has 20 heavy (non-hydrogen) atoms. The third-order valence-electron chi connectivity index (χ3n) is 2.98. The van der Waals surface area contributed by atoms with E-state index in [9.17, 15) is 8.42 Å². The molecule has 2 aromatic heterocycles. The Bertz CT molecular complexity index is 685. The average molecular weight is 295 g/mol. The molecule has 106 valence electrons. The molecule has 0 amide bonds. The van der Waals surface area contributed by atoms with Gasteiger partial charge in [-0.05, 0) is 0 Å². The van der Waals surface area contributed by atoms with Gasteiger partial charge in [0.15, 0.2) is 9.84 Å². The van der Waals surface area contributed by atoms with Gasteiger partial charge in [0.1, 0.15) is 5.69 Å². The molecule has 2 aromatic rings. The molecule has 9 heteroatoms. The van der Waals surface area contributed by atoms with Crippen molar-refractivity contribution in [1.82, 2.24) is 25.4 Å². The number of nitrogens with one attached hydrogen (secondary N) is 1. The molecule has 1 unspecified atom stereocenters. The minimum atomic E-state index is -2.97. The largest absolute Gasteiger partial charge is 0.339 e. The smallest absolute Gasteiger partial charge is 0.228 e. The molecular weight excluding hydrogens is 282 g/mol. The summed E-state index contributed by atoms with van der Waals surface area (Å²) >= 11 is 0. The lowest BCUT2D eigenvalue weighted by Crippen LogP contribution is -2.46. The number of rotatable bonds is 3. The van der Waals surface area contributed by atoms with Crippen molar-refractivity contribution in [3.63, 3.8) is 0 Å². The highest BCUT2D eigenvalue weighted by molar-refractivity contribution is 7.91. The highest BCUT2D eigenvalue weighted by atomic mass is 32.2. The zero-order valence-electron chi connectivity index (χ0n) is 10.6. The lowest BCUT2D eigenvalue weighted by molar-refractivity contribution is 0.361. The van der Waals surface area contributed by atoms with Crippen molar-refractivity contribution in [2.24, 2.45) is 0 Å². The minimum Gasteiger partial charge on any atom is -0.339 e. The van der Waals surface area contributed by atoms with Crippen LogP contribution in [0.25, 0.3) is 11.5 Å². The Balaban J connectivity index is 1.72. The molecule has 1 fully saturated rings. The summed E-state index contributed by atoms with van der Waals surface area (Å²) in [5.74, 6) is 1.01. The summed E-state index contributed by atoms with van der Waals surface area (Å²) in [7, 11) is -2.97. The third kappa shape index (κ3) is 2.99. The fourth-order valence-electron chi connectivity index (χ4n) is 2.07. The van der Waals surface area contributed by atoms with Crippen LogP contribution >= 0.6 is 0 Å². The third-order valence-corrected chi connectivity index (χ3v) is 4.72. The van der Waals surface area contributed by atoms with Crippen LogP contribution in [0.1, 0.15) is 5.89 Å². The van der Waals surface area contributed by atoms with Gasteiger partial charge < -0.3 is 9.84 Å². The van der Waals surface area contributed by atoms with E-state index in [1.807, 2.05) is 0 Å². The van der Waals surface area contributed by atoms with E-state index in [-0.39, 0.29) is 17.5 Å². The van der Waals surface area contributed by atoms with Crippen LogP contribution in [0.3, 0.4) is 0 Å². The highest BCUT2D eigenvalue weighted by Gasteiger charge is 2.26. The number of aromatic nitrogens is 4. The molecule has 0 bridgehead atoms. The quantitative estimate of drug-likeness (QED) is 0.803. The van der Waals surface area contributed by atoms with Crippen molar-refractivity contribution in [2.45, 2.75) is 12.5 Å². The van der Waals surface area contributed by atoms with Crippen molar-refractivity contribution >= 4 is 9.84 Å². The Morgan fingerprint density at radius 2 is 2.30 bits per heavy atom. The van der Waals surface area contributed by atoms with E-state index in [1.54, 1.807) is 12.4 Å². The molecule has 1 aliphatic rings. The van der Waals surface area contributed by atoms with Gasteiger partial charge in [0, 0.05) is 31.4 Å². The summed E-state index contributed by atoms with van der Waals surface area (Å²) in [5, 5.41) is 6.96. The van der Waals surface area contributed by atoms with Gasteiger partial charge in [-0.3, -0.25) is 4.98 Å². The van der Waals surface area contributed by atoms with Crippen LogP contribution in [0.5, 0.6) is 0 Å². The molecule has 0 spiro atoms. The lowest BCUT2D eigenvalue weighted by Gasteiger charge is -2.21. The number of hydrogen-bond donors (Lipinski definition) is 1. The van der Waals surface area contributed by atoms with Gasteiger partial charge in [-0.25, -0.2) is 13.4 Å². The molecule has 3 rings (SSSR count). The predicted octanol–water partition coefficient (Wildman–Crippen LogP) is -0.544. The second kappa shape index (κ2) is 5.25. The molecule has 1 saturated heterocycles. The zero-order valence-corrected chi connectivity index (χ0v) is 11.4. The van der Waals surface area contributed by atoms with Crippen molar-refractivity contribution in [1.29, 1.82) is 0 Å². The fourth-order valence-corrected chi connectivity index (χ4v) is 3.51. The van der Waals surface area contributed by atoms with Crippen LogP contribution in [-0.2, 0) is 16.3 Å². The van der Waals surface area contributed by atoms with Gasteiger partial charge in [0.25, 0.3) is 0 Å². The number of sulfone groups is 1. The van der Waals surface area contributed by atoms with Crippen molar-refractivity contribution < 1.29 is 12.9 Å². The normalized spacial score (nSPS) is 21.7. The second-order valence-electron chi connectivity index (χ2n) is 4.57. The van der Waals surface area contributed by atoms with Crippen LogP contribution < -0.4 is 5.32 Å². The first-order chi connectivity index (χ1) is 9.62. The van der Waals surface area contributed by atoms with Crippen LogP contribution in [-0.4, -0.2) is 52.6 Å². The van der Waals surface area contributed by atoms with Crippen LogP contribution in [0.2, 0.25) is 0 Å². The molecular formula is C11H13N5O3S. The molecule has 0 saturated carbocycles. The van der Waals surface area contributed by atoms with Crippen molar-refractivity contribution in [2.75, 3.05) is 18.1 Å². The molecule has 1 N–H and O–H groups in total. The highest BCUT2D eigenvalue weighted by Crippen LogP contribution is 2.13. The average Bonchev–Trinajstić information content (AvgIpc) is 2.87. The standard InChI is InChI=1S/C11H13N5O3S/c17-20(18)4-3-13-8(7-20)5-10-15-11(16-19-10)9-6-12-1-2-14-9/h1-2,6,8,13H,3-5,7H2. The van der Waals surface area contributed by atoms with E-state index in [0.717, 1.165) is 0 Å². The summed E-state index contributed by atoms with van der Waals surface area (Å²) in [6.07, 6.45) is 5.02. The molecule has 0 aliphatic carbocycles. The summed E-state index contributed by atoms with van der Waals surface area (Å²) < 4.78 is 28.2. The van der Waals surface area contributed by atoms with E-state index in [2.05, 4.69) is 25.4 Å². The Morgan fingerprint density at radius 3 is 3.05 bits per heavy atom. The Kier molecular flexibility index (Phi) is 3.45. The summed E-state index contributed by atoms with van der Waals surface area (Å²) in [5.41, 5.74) is 0.520. The minimum absolute atomic E-state index is 0.0931. The van der Waals surface area contributed by atoms with Gasteiger partial charge >= 0.3 is 0 Å². The van der Waals surface area contributed by atoms with E-state index >= 15 is 0 Å². The van der Waals surface area contributed by atoms with E-state index < -0.39 is 9.84 Å². The predicted molar refractivity (Wildman–Crippen MR) is 69.5 cm³/mol. The second-order valence-corrected chi connectivity index (χ2v) is 6.80. The molecule has 1 atom stereocenters. The summed E-state index contributed by atoms with van der Waals surface area (Å²) in [6.45, 7) is 0.457. The van der Waals surface area contributed by atoms with E-state index in [4.69, 9.17) is 4.52 Å². The van der Waals surface area contributed by atoms with Crippen molar-refractivity contribution in [3.05, 3.63) is 24.5 Å². The van der Waals surface area contributed by atoms with Gasteiger partial charge in [-0.15, -0.1) is 0 Å². The van der Waals surface area contributed by atoms with Gasteiger partial charge in [0.05, 0.1) is 17.7 Å². The maximum absolute atomic E-state index is 11.6. The van der Waals surface area contributed by atoms with Crippen LogP contribution in [0.4, 0.5) is 0 Å². The first-order valence-electron chi connectivity index (χ1n) is 6.15. The number of hydrogen-bond acceptors (Lipinski definition) is 8. The molecule has 1 aliphatic heterocycles. The lowest BCUT2D eigenvalue weighted by atomic mass is 10.2. The number of nitrogens with zero attached hydrogens (tertiary/aromatic N) is 4.